The lowest BCUT2D eigenvalue weighted by Gasteiger charge is -2.34. The Labute approximate surface area is 165 Å². The number of thiazole rings is 1. The SMILES string of the molecule is CC(=O)N1CCN(C(=O)Cc2csc(NC(=O)Nc3ccc(F)cc3)n2)CC1. The van der Waals surface area contributed by atoms with E-state index in [9.17, 15) is 18.8 Å². The molecule has 1 fully saturated rings. The van der Waals surface area contributed by atoms with E-state index in [-0.39, 0.29) is 24.1 Å². The number of nitrogens with zero attached hydrogens (tertiary/aromatic N) is 3. The van der Waals surface area contributed by atoms with Crippen LogP contribution in [0.3, 0.4) is 0 Å². The molecule has 0 aliphatic carbocycles. The number of rotatable bonds is 4. The van der Waals surface area contributed by atoms with Crippen molar-refractivity contribution >= 4 is 40.0 Å². The van der Waals surface area contributed by atoms with Gasteiger partial charge in [-0.2, -0.15) is 0 Å². The van der Waals surface area contributed by atoms with E-state index in [1.165, 1.54) is 42.5 Å². The molecule has 3 rings (SSSR count). The molecule has 0 bridgehead atoms. The number of halogens is 1. The van der Waals surface area contributed by atoms with Crippen molar-refractivity contribution in [3.8, 4) is 0 Å². The number of carbonyl (C=O) groups excluding carboxylic acids is 3. The molecule has 8 nitrogen and oxygen atoms in total. The van der Waals surface area contributed by atoms with Crippen molar-refractivity contribution in [2.24, 2.45) is 0 Å². The summed E-state index contributed by atoms with van der Waals surface area (Å²) in [6.07, 6.45) is 0.137. The Bertz CT molecular complexity index is 862. The highest BCUT2D eigenvalue weighted by atomic mass is 32.1. The maximum absolute atomic E-state index is 12.9. The first-order valence-corrected chi connectivity index (χ1v) is 9.60. The van der Waals surface area contributed by atoms with Gasteiger partial charge in [-0.15, -0.1) is 11.3 Å². The number of anilines is 2. The number of nitrogens with one attached hydrogen (secondary N) is 2. The van der Waals surface area contributed by atoms with Gasteiger partial charge in [0.2, 0.25) is 11.8 Å². The summed E-state index contributed by atoms with van der Waals surface area (Å²) in [5, 5.41) is 7.25. The van der Waals surface area contributed by atoms with E-state index >= 15 is 0 Å². The van der Waals surface area contributed by atoms with Crippen LogP contribution in [0.25, 0.3) is 0 Å². The van der Waals surface area contributed by atoms with Crippen molar-refractivity contribution < 1.29 is 18.8 Å². The van der Waals surface area contributed by atoms with Crippen molar-refractivity contribution in [3.63, 3.8) is 0 Å². The topological polar surface area (TPSA) is 94.6 Å². The summed E-state index contributed by atoms with van der Waals surface area (Å²) in [7, 11) is 0. The predicted molar refractivity (Wildman–Crippen MR) is 104 cm³/mol. The first-order valence-electron chi connectivity index (χ1n) is 8.72. The largest absolute Gasteiger partial charge is 0.339 e. The Balaban J connectivity index is 1.48. The van der Waals surface area contributed by atoms with E-state index in [0.717, 1.165) is 0 Å². The van der Waals surface area contributed by atoms with Gasteiger partial charge in [0.25, 0.3) is 0 Å². The molecule has 148 valence electrons. The summed E-state index contributed by atoms with van der Waals surface area (Å²) in [4.78, 5) is 43.4. The molecular weight excluding hydrogens is 385 g/mol. The summed E-state index contributed by atoms with van der Waals surface area (Å²) in [5.74, 6) is -0.431. The minimum atomic E-state index is -0.501. The van der Waals surface area contributed by atoms with Gasteiger partial charge in [0.15, 0.2) is 5.13 Å². The Morgan fingerprint density at radius 3 is 2.36 bits per heavy atom. The van der Waals surface area contributed by atoms with Crippen LogP contribution in [0.4, 0.5) is 20.0 Å². The summed E-state index contributed by atoms with van der Waals surface area (Å²) in [6, 6.07) is 4.90. The lowest BCUT2D eigenvalue weighted by Crippen LogP contribution is -2.50. The van der Waals surface area contributed by atoms with Crippen LogP contribution >= 0.6 is 11.3 Å². The molecule has 1 aliphatic rings. The molecule has 0 radical (unpaired) electrons. The molecular formula is C18H20FN5O3S. The molecule has 2 heterocycles. The average molecular weight is 405 g/mol. The second kappa shape index (κ2) is 8.79. The molecule has 0 saturated carbocycles. The van der Waals surface area contributed by atoms with Crippen LogP contribution in [0.2, 0.25) is 0 Å². The van der Waals surface area contributed by atoms with Gasteiger partial charge < -0.3 is 15.1 Å². The molecule has 2 N–H and O–H groups in total. The molecule has 1 aromatic heterocycles. The third kappa shape index (κ3) is 5.26. The van der Waals surface area contributed by atoms with E-state index in [1.807, 2.05) is 0 Å². The monoisotopic (exact) mass is 405 g/mol. The molecule has 0 spiro atoms. The number of piperazine rings is 1. The van der Waals surface area contributed by atoms with E-state index < -0.39 is 6.03 Å². The highest BCUT2D eigenvalue weighted by Gasteiger charge is 2.23. The van der Waals surface area contributed by atoms with Crippen LogP contribution in [-0.2, 0) is 16.0 Å². The van der Waals surface area contributed by atoms with Gasteiger partial charge in [0.05, 0.1) is 12.1 Å². The first-order chi connectivity index (χ1) is 13.4. The molecule has 28 heavy (non-hydrogen) atoms. The molecule has 0 unspecified atom stereocenters. The van der Waals surface area contributed by atoms with Crippen LogP contribution in [0.5, 0.6) is 0 Å². The second-order valence-electron chi connectivity index (χ2n) is 6.29. The number of urea groups is 1. The van der Waals surface area contributed by atoms with Gasteiger partial charge in [-0.1, -0.05) is 0 Å². The fourth-order valence-electron chi connectivity index (χ4n) is 2.78. The lowest BCUT2D eigenvalue weighted by molar-refractivity contribution is -0.138. The van der Waals surface area contributed by atoms with Gasteiger partial charge in [-0.3, -0.25) is 14.9 Å². The fourth-order valence-corrected chi connectivity index (χ4v) is 3.48. The van der Waals surface area contributed by atoms with E-state index in [2.05, 4.69) is 15.6 Å². The number of hydrogen-bond acceptors (Lipinski definition) is 5. The molecule has 4 amide bonds. The summed E-state index contributed by atoms with van der Waals surface area (Å²) in [6.45, 7) is 3.61. The Morgan fingerprint density at radius 1 is 1.07 bits per heavy atom. The fraction of sp³-hybridized carbons (Fsp3) is 0.333. The van der Waals surface area contributed by atoms with Crippen LogP contribution in [0.1, 0.15) is 12.6 Å². The Hall–Kier alpha value is -3.01. The predicted octanol–water partition coefficient (Wildman–Crippen LogP) is 2.16. The van der Waals surface area contributed by atoms with Gasteiger partial charge in [-0.25, -0.2) is 14.2 Å². The number of benzene rings is 1. The van der Waals surface area contributed by atoms with Crippen LogP contribution in [0.15, 0.2) is 29.6 Å². The van der Waals surface area contributed by atoms with Crippen molar-refractivity contribution in [2.75, 3.05) is 36.8 Å². The highest BCUT2D eigenvalue weighted by Crippen LogP contribution is 2.17. The summed E-state index contributed by atoms with van der Waals surface area (Å²) >= 11 is 1.22. The second-order valence-corrected chi connectivity index (χ2v) is 7.15. The number of carbonyl (C=O) groups is 3. The highest BCUT2D eigenvalue weighted by molar-refractivity contribution is 7.14. The zero-order chi connectivity index (χ0) is 20.1. The first kappa shape index (κ1) is 19.7. The van der Waals surface area contributed by atoms with Crippen molar-refractivity contribution in [1.29, 1.82) is 0 Å². The average Bonchev–Trinajstić information content (AvgIpc) is 3.10. The standard InChI is InChI=1S/C18H20FN5O3S/c1-12(25)23-6-8-24(9-7-23)16(26)10-15-11-28-18(21-15)22-17(27)20-14-4-2-13(19)3-5-14/h2-5,11H,6-10H2,1H3,(H2,20,21,22,27). The van der Waals surface area contributed by atoms with Gasteiger partial charge in [0.1, 0.15) is 5.82 Å². The maximum atomic E-state index is 12.9. The minimum Gasteiger partial charge on any atom is -0.339 e. The van der Waals surface area contributed by atoms with Crippen LogP contribution in [-0.4, -0.2) is 58.8 Å². The number of aromatic nitrogens is 1. The molecule has 1 aromatic carbocycles. The van der Waals surface area contributed by atoms with E-state index in [0.29, 0.717) is 42.7 Å². The third-order valence-electron chi connectivity index (χ3n) is 4.28. The normalized spacial score (nSPS) is 13.9. The van der Waals surface area contributed by atoms with Crippen molar-refractivity contribution in [2.45, 2.75) is 13.3 Å². The maximum Gasteiger partial charge on any atom is 0.325 e. The van der Waals surface area contributed by atoms with Gasteiger partial charge >= 0.3 is 6.03 Å². The summed E-state index contributed by atoms with van der Waals surface area (Å²) < 4.78 is 12.9. The zero-order valence-electron chi connectivity index (χ0n) is 15.3. The van der Waals surface area contributed by atoms with E-state index in [4.69, 9.17) is 0 Å². The lowest BCUT2D eigenvalue weighted by atomic mass is 10.2. The summed E-state index contributed by atoms with van der Waals surface area (Å²) in [5.41, 5.74) is 1.02. The minimum absolute atomic E-state index is 0.0150. The van der Waals surface area contributed by atoms with Gasteiger partial charge in [-0.05, 0) is 24.3 Å². The Morgan fingerprint density at radius 2 is 1.71 bits per heavy atom. The molecule has 10 heteroatoms. The third-order valence-corrected chi connectivity index (χ3v) is 5.09. The zero-order valence-corrected chi connectivity index (χ0v) is 16.1. The van der Waals surface area contributed by atoms with Crippen LogP contribution < -0.4 is 10.6 Å². The quantitative estimate of drug-likeness (QED) is 0.815. The molecule has 0 atom stereocenters. The number of hydrogen-bond donors (Lipinski definition) is 2. The Kier molecular flexibility index (Phi) is 6.19. The van der Waals surface area contributed by atoms with Crippen molar-refractivity contribution in [3.05, 3.63) is 41.2 Å². The van der Waals surface area contributed by atoms with Crippen molar-refractivity contribution in [1.82, 2.24) is 14.8 Å². The van der Waals surface area contributed by atoms with E-state index in [1.54, 1.807) is 15.2 Å². The number of amides is 4. The molecule has 2 aromatic rings. The van der Waals surface area contributed by atoms with Gasteiger partial charge in [0, 0.05) is 44.2 Å². The molecule has 1 aliphatic heterocycles. The molecule has 1 saturated heterocycles. The van der Waals surface area contributed by atoms with Crippen LogP contribution in [0, 0.1) is 5.82 Å². The smallest absolute Gasteiger partial charge is 0.325 e.